The second-order valence-corrected chi connectivity index (χ2v) is 9.03. The third kappa shape index (κ3) is 2.66. The van der Waals surface area contributed by atoms with Gasteiger partial charge in [0.05, 0.1) is 23.8 Å². The van der Waals surface area contributed by atoms with Gasteiger partial charge < -0.3 is 9.47 Å². The van der Waals surface area contributed by atoms with Crippen LogP contribution in [0.4, 0.5) is 0 Å². The summed E-state index contributed by atoms with van der Waals surface area (Å²) in [4.78, 5) is 25.2. The molecule has 2 aromatic carbocycles. The lowest BCUT2D eigenvalue weighted by Crippen LogP contribution is -2.42. The topological polar surface area (TPSA) is 64.0 Å². The monoisotopic (exact) mass is 425 g/mol. The number of fused-ring (bicyclic) bond motifs is 3. The number of carbonyl (C=O) groups is 1. The summed E-state index contributed by atoms with van der Waals surface area (Å²) in [5.74, 6) is 0.424. The van der Waals surface area contributed by atoms with Crippen molar-refractivity contribution in [3.63, 3.8) is 0 Å². The van der Waals surface area contributed by atoms with Crippen LogP contribution in [0.25, 0.3) is 0 Å². The number of pyridine rings is 1. The number of hydrogen-bond acceptors (Lipinski definition) is 5. The number of aromatic nitrogens is 1. The average Bonchev–Trinajstić information content (AvgIpc) is 3.46. The van der Waals surface area contributed by atoms with E-state index in [1.54, 1.807) is 0 Å². The van der Waals surface area contributed by atoms with Gasteiger partial charge in [-0.2, -0.15) is 0 Å². The highest BCUT2D eigenvalue weighted by molar-refractivity contribution is 6.02. The Morgan fingerprint density at radius 3 is 2.38 bits per heavy atom. The van der Waals surface area contributed by atoms with Gasteiger partial charge in [0.15, 0.2) is 0 Å². The second-order valence-electron chi connectivity index (χ2n) is 9.03. The van der Waals surface area contributed by atoms with Crippen molar-refractivity contribution in [3.05, 3.63) is 101 Å². The lowest BCUT2D eigenvalue weighted by molar-refractivity contribution is -0.0352. The molecule has 0 spiro atoms. The van der Waals surface area contributed by atoms with Crippen molar-refractivity contribution >= 4 is 11.8 Å². The van der Waals surface area contributed by atoms with E-state index in [-0.39, 0.29) is 17.5 Å². The molecule has 32 heavy (non-hydrogen) atoms. The summed E-state index contributed by atoms with van der Waals surface area (Å²) in [7, 11) is 0. The highest BCUT2D eigenvalue weighted by Gasteiger charge is 2.60. The SMILES string of the molecule is CC1(C)COC(c2ccc3c(n2)[C@]2(c4ccccc4)OC[C@@H](c4ccccc4)N2C3=O)=N1. The first-order valence-corrected chi connectivity index (χ1v) is 10.8. The van der Waals surface area contributed by atoms with Crippen LogP contribution < -0.4 is 0 Å². The number of aliphatic imine (C=N–C) groups is 1. The van der Waals surface area contributed by atoms with E-state index in [1.807, 2.05) is 91.5 Å². The van der Waals surface area contributed by atoms with Crippen LogP contribution in [-0.2, 0) is 15.2 Å². The summed E-state index contributed by atoms with van der Waals surface area (Å²) in [6.07, 6.45) is 0. The Hall–Kier alpha value is -3.51. The van der Waals surface area contributed by atoms with Gasteiger partial charge in [0.2, 0.25) is 11.6 Å². The Morgan fingerprint density at radius 1 is 0.969 bits per heavy atom. The van der Waals surface area contributed by atoms with Gasteiger partial charge in [0, 0.05) is 5.56 Å². The summed E-state index contributed by atoms with van der Waals surface area (Å²) in [5, 5.41) is 0. The molecule has 2 atom stereocenters. The van der Waals surface area contributed by atoms with Crippen molar-refractivity contribution in [1.82, 2.24) is 9.88 Å². The molecule has 0 bridgehead atoms. The van der Waals surface area contributed by atoms with E-state index in [4.69, 9.17) is 14.5 Å². The van der Waals surface area contributed by atoms with Crippen LogP contribution in [0, 0.1) is 0 Å². The lowest BCUT2D eigenvalue weighted by Gasteiger charge is -2.33. The van der Waals surface area contributed by atoms with Crippen molar-refractivity contribution in [2.45, 2.75) is 31.2 Å². The molecule has 1 aromatic heterocycles. The molecule has 0 unspecified atom stereocenters. The zero-order valence-electron chi connectivity index (χ0n) is 18.0. The van der Waals surface area contributed by atoms with Crippen molar-refractivity contribution in [2.75, 3.05) is 13.2 Å². The molecule has 1 amide bonds. The summed E-state index contributed by atoms with van der Waals surface area (Å²) in [6, 6.07) is 23.3. The first-order valence-electron chi connectivity index (χ1n) is 10.8. The Labute approximate surface area is 186 Å². The molecule has 1 fully saturated rings. The highest BCUT2D eigenvalue weighted by atomic mass is 16.5. The molecular formula is C26H23N3O3. The van der Waals surface area contributed by atoms with Gasteiger partial charge in [-0.3, -0.25) is 9.69 Å². The molecule has 3 aliphatic rings. The Kier molecular flexibility index (Phi) is 4.04. The van der Waals surface area contributed by atoms with Crippen molar-refractivity contribution in [2.24, 2.45) is 4.99 Å². The van der Waals surface area contributed by atoms with Crippen molar-refractivity contribution < 1.29 is 14.3 Å². The van der Waals surface area contributed by atoms with Gasteiger partial charge in [0.25, 0.3) is 5.91 Å². The van der Waals surface area contributed by atoms with E-state index in [1.165, 1.54) is 0 Å². The Bertz CT molecular complexity index is 1240. The molecule has 6 rings (SSSR count). The predicted molar refractivity (Wildman–Crippen MR) is 119 cm³/mol. The molecular weight excluding hydrogens is 402 g/mol. The predicted octanol–water partition coefficient (Wildman–Crippen LogP) is 4.07. The van der Waals surface area contributed by atoms with E-state index in [0.29, 0.717) is 36.1 Å². The number of benzene rings is 2. The van der Waals surface area contributed by atoms with E-state index >= 15 is 0 Å². The molecule has 0 aliphatic carbocycles. The van der Waals surface area contributed by atoms with Gasteiger partial charge >= 0.3 is 0 Å². The van der Waals surface area contributed by atoms with Crippen LogP contribution >= 0.6 is 0 Å². The molecule has 6 heteroatoms. The van der Waals surface area contributed by atoms with Crippen LogP contribution in [0.5, 0.6) is 0 Å². The van der Waals surface area contributed by atoms with Crippen molar-refractivity contribution in [1.29, 1.82) is 0 Å². The molecule has 3 aromatic rings. The Morgan fingerprint density at radius 2 is 1.69 bits per heavy atom. The minimum Gasteiger partial charge on any atom is -0.474 e. The summed E-state index contributed by atoms with van der Waals surface area (Å²) in [5.41, 5.74) is 2.31. The molecule has 0 N–H and O–H groups in total. The number of carbonyl (C=O) groups excluding carboxylic acids is 1. The molecule has 6 nitrogen and oxygen atoms in total. The molecule has 0 saturated carbocycles. The summed E-state index contributed by atoms with van der Waals surface area (Å²) >= 11 is 0. The minimum atomic E-state index is -1.08. The molecule has 1 saturated heterocycles. The standard InChI is InChI=1S/C26H23N3O3/c1-25(2)16-31-23(28-25)20-14-13-19-22(27-20)26(18-11-7-4-8-12-18)29(24(19)30)21(15-32-26)17-9-5-3-6-10-17/h3-14,21H,15-16H2,1-2H3/t21-,26-/m0/s1. The maximum atomic E-state index is 13.7. The molecule has 3 aliphatic heterocycles. The van der Waals surface area contributed by atoms with E-state index in [2.05, 4.69) is 4.99 Å². The van der Waals surface area contributed by atoms with Crippen molar-refractivity contribution in [3.8, 4) is 0 Å². The Balaban J connectivity index is 1.54. The molecule has 160 valence electrons. The fourth-order valence-corrected chi connectivity index (χ4v) is 4.83. The number of nitrogens with zero attached hydrogens (tertiary/aromatic N) is 3. The van der Waals surface area contributed by atoms with Gasteiger partial charge in [-0.25, -0.2) is 9.98 Å². The number of hydrogen-bond donors (Lipinski definition) is 0. The second kappa shape index (κ2) is 6.74. The van der Waals surface area contributed by atoms with Crippen LogP contribution in [-0.4, -0.2) is 40.4 Å². The average molecular weight is 425 g/mol. The number of amides is 1. The third-order valence-corrected chi connectivity index (χ3v) is 6.30. The molecule has 4 heterocycles. The zero-order chi connectivity index (χ0) is 21.9. The lowest BCUT2D eigenvalue weighted by atomic mass is 9.97. The van der Waals surface area contributed by atoms with E-state index < -0.39 is 5.72 Å². The number of rotatable bonds is 3. The zero-order valence-corrected chi connectivity index (χ0v) is 18.0. The smallest absolute Gasteiger partial charge is 0.259 e. The van der Waals surface area contributed by atoms with Gasteiger partial charge in [-0.05, 0) is 31.5 Å². The first kappa shape index (κ1) is 19.2. The van der Waals surface area contributed by atoms with Crippen LogP contribution in [0.1, 0.15) is 52.8 Å². The van der Waals surface area contributed by atoms with Crippen LogP contribution in [0.3, 0.4) is 0 Å². The molecule has 0 radical (unpaired) electrons. The third-order valence-electron chi connectivity index (χ3n) is 6.30. The maximum absolute atomic E-state index is 13.7. The van der Waals surface area contributed by atoms with Crippen LogP contribution in [0.2, 0.25) is 0 Å². The number of ether oxygens (including phenoxy) is 2. The van der Waals surface area contributed by atoms with E-state index in [0.717, 1.165) is 11.1 Å². The van der Waals surface area contributed by atoms with E-state index in [9.17, 15) is 4.79 Å². The van der Waals surface area contributed by atoms with Gasteiger partial charge in [-0.1, -0.05) is 60.7 Å². The van der Waals surface area contributed by atoms with Crippen LogP contribution in [0.15, 0.2) is 77.8 Å². The highest BCUT2D eigenvalue weighted by Crippen LogP contribution is 2.53. The van der Waals surface area contributed by atoms with Gasteiger partial charge in [0.1, 0.15) is 18.0 Å². The fraction of sp³-hybridized carbons (Fsp3) is 0.269. The summed E-state index contributed by atoms with van der Waals surface area (Å²) < 4.78 is 12.4. The maximum Gasteiger partial charge on any atom is 0.259 e. The first-order chi connectivity index (χ1) is 15.5. The summed E-state index contributed by atoms with van der Waals surface area (Å²) in [6.45, 7) is 4.94. The minimum absolute atomic E-state index is 0.0798. The largest absolute Gasteiger partial charge is 0.474 e. The quantitative estimate of drug-likeness (QED) is 0.635. The normalized spacial score (nSPS) is 25.3. The fourth-order valence-electron chi connectivity index (χ4n) is 4.83. The van der Waals surface area contributed by atoms with Gasteiger partial charge in [-0.15, -0.1) is 0 Å².